The molecular formula is C48H35B5N2O. The molecule has 0 N–H and O–H groups in total. The molecule has 0 amide bonds. The van der Waals surface area contributed by atoms with E-state index in [9.17, 15) is 0 Å². The van der Waals surface area contributed by atoms with E-state index in [-0.39, 0.29) is 0 Å². The monoisotopic (exact) mass is 710 g/mol. The number of nitrogens with zero attached hydrogens (tertiary/aromatic N) is 2. The first kappa shape index (κ1) is 32.9. The predicted octanol–water partition coefficient (Wildman–Crippen LogP) is 4.41. The van der Waals surface area contributed by atoms with Gasteiger partial charge >= 0.3 is 0 Å². The summed E-state index contributed by atoms with van der Waals surface area (Å²) in [6.45, 7) is 0. The zero-order valence-corrected chi connectivity index (χ0v) is 32.2. The molecule has 0 aliphatic heterocycles. The summed E-state index contributed by atoms with van der Waals surface area (Å²) < 4.78 is 11.7. The molecule has 0 saturated heterocycles. The summed E-state index contributed by atoms with van der Waals surface area (Å²) in [6, 6.07) is 55.1. The van der Waals surface area contributed by atoms with Crippen molar-refractivity contribution in [3.8, 4) is 33.6 Å². The summed E-state index contributed by atoms with van der Waals surface area (Å²) in [4.78, 5) is 0. The van der Waals surface area contributed by atoms with Gasteiger partial charge in [0.15, 0.2) is 5.58 Å². The third kappa shape index (κ3) is 4.59. The third-order valence-electron chi connectivity index (χ3n) is 12.7. The lowest BCUT2D eigenvalue weighted by Gasteiger charge is -2.22. The van der Waals surface area contributed by atoms with Crippen LogP contribution in [-0.4, -0.2) is 48.4 Å². The van der Waals surface area contributed by atoms with E-state index in [4.69, 9.17) is 4.42 Å². The lowest BCUT2D eigenvalue weighted by Crippen LogP contribution is -2.56. The number of furan rings is 1. The highest BCUT2D eigenvalue weighted by Gasteiger charge is 2.22. The third-order valence-corrected chi connectivity index (χ3v) is 12.7. The molecule has 8 heteroatoms. The van der Waals surface area contributed by atoms with Crippen LogP contribution in [0.15, 0.2) is 156 Å². The lowest BCUT2D eigenvalue weighted by molar-refractivity contribution is 0.666. The van der Waals surface area contributed by atoms with Gasteiger partial charge < -0.3 is 13.6 Å². The molecule has 0 aliphatic carbocycles. The molecule has 0 aliphatic rings. The van der Waals surface area contributed by atoms with Crippen molar-refractivity contribution in [1.29, 1.82) is 0 Å². The Morgan fingerprint density at radius 3 is 1.52 bits per heavy atom. The van der Waals surface area contributed by atoms with Crippen molar-refractivity contribution in [2.24, 2.45) is 0 Å². The number of hydrogen-bond donors (Lipinski definition) is 0. The van der Waals surface area contributed by atoms with Crippen LogP contribution in [0.4, 0.5) is 0 Å². The number of benzene rings is 8. The highest BCUT2D eigenvalue weighted by Crippen LogP contribution is 2.43. The normalized spacial score (nSPS) is 11.9. The van der Waals surface area contributed by atoms with E-state index in [1.165, 1.54) is 87.8 Å². The second-order valence-electron chi connectivity index (χ2n) is 15.4. The van der Waals surface area contributed by atoms with Crippen LogP contribution in [0.2, 0.25) is 0 Å². The van der Waals surface area contributed by atoms with Crippen molar-refractivity contribution in [3.63, 3.8) is 0 Å². The highest BCUT2D eigenvalue weighted by molar-refractivity contribution is 6.68. The van der Waals surface area contributed by atoms with Gasteiger partial charge in [0.05, 0.1) is 27.8 Å². The van der Waals surface area contributed by atoms with E-state index in [1.54, 1.807) is 0 Å². The van der Waals surface area contributed by atoms with Crippen molar-refractivity contribution in [2.75, 3.05) is 0 Å². The van der Waals surface area contributed by atoms with Gasteiger partial charge in [0.2, 0.25) is 0 Å². The Hall–Kier alpha value is -6.52. The van der Waals surface area contributed by atoms with E-state index < -0.39 is 0 Å². The van der Waals surface area contributed by atoms with E-state index in [2.05, 4.69) is 200 Å². The lowest BCUT2D eigenvalue weighted by atomic mass is 9.61. The molecule has 11 aromatic rings. The molecular weight excluding hydrogens is 675 g/mol. The Morgan fingerprint density at radius 1 is 0.375 bits per heavy atom. The summed E-state index contributed by atoms with van der Waals surface area (Å²) in [7, 11) is 11.3. The van der Waals surface area contributed by atoms with Crippen molar-refractivity contribution in [1.82, 2.24) is 9.13 Å². The molecule has 0 unspecified atom stereocenters. The molecule has 3 nitrogen and oxygen atoms in total. The second-order valence-corrected chi connectivity index (χ2v) is 15.4. The molecule has 3 aromatic heterocycles. The van der Waals surface area contributed by atoms with Crippen LogP contribution in [0, 0.1) is 0 Å². The number of para-hydroxylation sites is 3. The summed E-state index contributed by atoms with van der Waals surface area (Å²) >= 11 is 0. The maximum Gasteiger partial charge on any atom is 0.160 e. The fourth-order valence-corrected chi connectivity index (χ4v) is 9.47. The van der Waals surface area contributed by atoms with Gasteiger partial charge in [-0.1, -0.05) is 125 Å². The van der Waals surface area contributed by atoms with Crippen LogP contribution >= 0.6 is 0 Å². The smallest absolute Gasteiger partial charge is 0.160 e. The number of rotatable bonds is 4. The van der Waals surface area contributed by atoms with Gasteiger partial charge in [0.1, 0.15) is 44.8 Å². The van der Waals surface area contributed by atoms with Crippen LogP contribution in [0.25, 0.3) is 99.2 Å². The maximum absolute atomic E-state index is 6.78. The van der Waals surface area contributed by atoms with Gasteiger partial charge in [-0.3, -0.25) is 0 Å². The van der Waals surface area contributed by atoms with Crippen LogP contribution in [-0.2, 0) is 0 Å². The number of aromatic nitrogens is 2. The highest BCUT2D eigenvalue weighted by atomic mass is 16.3. The first-order valence-corrected chi connectivity index (χ1v) is 19.5. The Bertz CT molecular complexity index is 3400. The van der Waals surface area contributed by atoms with Crippen molar-refractivity contribution < 1.29 is 4.42 Å². The van der Waals surface area contributed by atoms with Crippen molar-refractivity contribution in [2.45, 2.75) is 0 Å². The zero-order valence-electron chi connectivity index (χ0n) is 32.2. The van der Waals surface area contributed by atoms with Crippen molar-refractivity contribution >= 4 is 132 Å². The van der Waals surface area contributed by atoms with Gasteiger partial charge in [-0.15, -0.1) is 5.46 Å². The standard InChI is InChI=1S/C48H35B5N2O/c49-42-43(50)45(52)47(46(53)44(42)51)55-36-16-8-5-13-31(36)34-25-28(19-22-38(34)55)27-18-21-37-33(24-27)30-12-4-7-15-35(30)54(37)39-23-20-29(26-10-2-1-3-11-26)41-32-14-6-9-17-40(32)56-48(39)41/h1-25H,49-53H2. The fourth-order valence-electron chi connectivity index (χ4n) is 9.47. The van der Waals surface area contributed by atoms with E-state index in [0.717, 1.165) is 38.7 Å². The predicted molar refractivity (Wildman–Crippen MR) is 254 cm³/mol. The van der Waals surface area contributed by atoms with Gasteiger partial charge in [-0.25, -0.2) is 0 Å². The Kier molecular flexibility index (Phi) is 7.19. The average molecular weight is 710 g/mol. The van der Waals surface area contributed by atoms with Gasteiger partial charge in [-0.2, -0.15) is 0 Å². The van der Waals surface area contributed by atoms with Crippen LogP contribution < -0.4 is 27.3 Å². The van der Waals surface area contributed by atoms with E-state index in [0.29, 0.717) is 0 Å². The largest absolute Gasteiger partial charge is 0.454 e. The molecule has 0 spiro atoms. The SMILES string of the molecule is Bc1c(B)c(B)c(-n2c3ccccc3c3cc(-c4ccc5c(c4)c4ccccc4n5-c4ccc(-c5ccccc5)c5c4oc4ccccc45)ccc32)c(B)c1B. The summed E-state index contributed by atoms with van der Waals surface area (Å²) in [6.07, 6.45) is 0. The van der Waals surface area contributed by atoms with Gasteiger partial charge in [0.25, 0.3) is 0 Å². The second kappa shape index (κ2) is 12.2. The molecule has 0 bridgehead atoms. The van der Waals surface area contributed by atoms with Gasteiger partial charge in [-0.05, 0) is 70.8 Å². The first-order chi connectivity index (χ1) is 27.4. The summed E-state index contributed by atoms with van der Waals surface area (Å²) in [5.74, 6) is 0. The number of fused-ring (bicyclic) bond motifs is 9. The van der Waals surface area contributed by atoms with Gasteiger partial charge in [0, 0.05) is 38.0 Å². The molecule has 0 saturated carbocycles. The number of hydrogen-bond acceptors (Lipinski definition) is 1. The van der Waals surface area contributed by atoms with E-state index >= 15 is 0 Å². The molecule has 0 radical (unpaired) electrons. The van der Waals surface area contributed by atoms with Crippen LogP contribution in [0.5, 0.6) is 0 Å². The topological polar surface area (TPSA) is 23.0 Å². The molecule has 0 atom stereocenters. The molecule has 3 heterocycles. The van der Waals surface area contributed by atoms with Crippen molar-refractivity contribution in [3.05, 3.63) is 152 Å². The first-order valence-electron chi connectivity index (χ1n) is 19.5. The molecule has 8 aromatic carbocycles. The Balaban J connectivity index is 1.13. The minimum atomic E-state index is 0.893. The van der Waals surface area contributed by atoms with Crippen LogP contribution in [0.1, 0.15) is 0 Å². The minimum Gasteiger partial charge on any atom is -0.454 e. The Labute approximate surface area is 329 Å². The Morgan fingerprint density at radius 2 is 0.875 bits per heavy atom. The van der Waals surface area contributed by atoms with E-state index in [1.807, 2.05) is 0 Å². The summed E-state index contributed by atoms with van der Waals surface area (Å²) in [5, 5.41) is 7.23. The minimum absolute atomic E-state index is 0.893. The quantitative estimate of drug-likeness (QED) is 0.249. The fraction of sp³-hybridized carbons (Fsp3) is 0. The average Bonchev–Trinajstić information content (AvgIpc) is 3.90. The molecule has 56 heavy (non-hydrogen) atoms. The molecule has 0 fully saturated rings. The maximum atomic E-state index is 6.78. The molecule has 11 rings (SSSR count). The van der Waals surface area contributed by atoms with Crippen LogP contribution in [0.3, 0.4) is 0 Å². The molecule has 258 valence electrons. The zero-order chi connectivity index (χ0) is 37.8. The summed E-state index contributed by atoms with van der Waals surface area (Å²) in [5.41, 5.74) is 20.5.